The van der Waals surface area contributed by atoms with Crippen molar-refractivity contribution in [3.8, 4) is 0 Å². The highest BCUT2D eigenvalue weighted by molar-refractivity contribution is 7.92. The van der Waals surface area contributed by atoms with Crippen LogP contribution in [0.25, 0.3) is 0 Å². The van der Waals surface area contributed by atoms with E-state index in [2.05, 4.69) is 10.9 Å². The molecule has 0 unspecified atom stereocenters. The van der Waals surface area contributed by atoms with Gasteiger partial charge in [0.2, 0.25) is 10.0 Å². The van der Waals surface area contributed by atoms with Gasteiger partial charge in [0.1, 0.15) is 0 Å². The SMILES string of the molecule is Cc1ccc(C(=O)NNC(=O)c2ccc3c(c2)C[C@@H](C)N3S(C)(=O)=O)c(C)c1. The average Bonchev–Trinajstić information content (AvgIpc) is 2.94. The number of benzene rings is 2. The fourth-order valence-corrected chi connectivity index (χ4v) is 4.83. The summed E-state index contributed by atoms with van der Waals surface area (Å²) in [5, 5.41) is 0. The molecule has 1 atom stereocenters. The first-order chi connectivity index (χ1) is 13.1. The number of anilines is 1. The molecule has 1 aliphatic rings. The lowest BCUT2D eigenvalue weighted by atomic mass is 10.1. The van der Waals surface area contributed by atoms with Crippen LogP contribution < -0.4 is 15.2 Å². The van der Waals surface area contributed by atoms with E-state index in [1.807, 2.05) is 32.9 Å². The highest BCUT2D eigenvalue weighted by atomic mass is 32.2. The highest BCUT2D eigenvalue weighted by Crippen LogP contribution is 2.34. The van der Waals surface area contributed by atoms with Gasteiger partial charge in [-0.15, -0.1) is 0 Å². The lowest BCUT2D eigenvalue weighted by Gasteiger charge is -2.21. The lowest BCUT2D eigenvalue weighted by molar-refractivity contribution is 0.0846. The number of carbonyl (C=O) groups excluding carboxylic acids is 2. The topological polar surface area (TPSA) is 95.6 Å². The van der Waals surface area contributed by atoms with Crippen LogP contribution in [0.5, 0.6) is 0 Å². The van der Waals surface area contributed by atoms with Crippen molar-refractivity contribution >= 4 is 27.5 Å². The Bertz CT molecular complexity index is 1060. The summed E-state index contributed by atoms with van der Waals surface area (Å²) < 4.78 is 25.3. The minimum Gasteiger partial charge on any atom is -0.267 e. The van der Waals surface area contributed by atoms with Crippen molar-refractivity contribution in [2.75, 3.05) is 10.6 Å². The molecule has 0 bridgehead atoms. The summed E-state index contributed by atoms with van der Waals surface area (Å²) in [6.45, 7) is 5.60. The maximum absolute atomic E-state index is 12.4. The zero-order valence-corrected chi connectivity index (χ0v) is 17.1. The Morgan fingerprint density at radius 1 is 1.04 bits per heavy atom. The molecule has 0 aliphatic carbocycles. The molecule has 148 valence electrons. The Morgan fingerprint density at radius 3 is 2.36 bits per heavy atom. The average molecular weight is 401 g/mol. The second kappa shape index (κ2) is 7.27. The van der Waals surface area contributed by atoms with Crippen LogP contribution in [0.1, 0.15) is 44.3 Å². The molecule has 1 aliphatic heterocycles. The van der Waals surface area contributed by atoms with E-state index in [-0.39, 0.29) is 6.04 Å². The summed E-state index contributed by atoms with van der Waals surface area (Å²) in [5.74, 6) is -0.866. The molecule has 2 aromatic rings. The molecule has 7 nitrogen and oxygen atoms in total. The van der Waals surface area contributed by atoms with Gasteiger partial charge in [-0.3, -0.25) is 24.7 Å². The summed E-state index contributed by atoms with van der Waals surface area (Å²) >= 11 is 0. The summed E-state index contributed by atoms with van der Waals surface area (Å²) in [7, 11) is -3.38. The van der Waals surface area contributed by atoms with Gasteiger partial charge < -0.3 is 0 Å². The van der Waals surface area contributed by atoms with Crippen molar-refractivity contribution in [2.45, 2.75) is 33.2 Å². The highest BCUT2D eigenvalue weighted by Gasteiger charge is 2.32. The largest absolute Gasteiger partial charge is 0.269 e. The standard InChI is InChI=1S/C20H23N3O4S/c1-12-5-7-17(13(2)9-12)20(25)22-21-19(24)15-6-8-18-16(11-15)10-14(3)23(18)28(4,26)27/h5-9,11,14H,10H2,1-4H3,(H,21,24)(H,22,25)/t14-/m1/s1. The number of hydrogen-bond acceptors (Lipinski definition) is 4. The van der Waals surface area contributed by atoms with Crippen molar-refractivity contribution in [1.29, 1.82) is 0 Å². The monoisotopic (exact) mass is 401 g/mol. The predicted octanol–water partition coefficient (Wildman–Crippen LogP) is 2.09. The molecule has 2 N–H and O–H groups in total. The molecule has 0 radical (unpaired) electrons. The van der Waals surface area contributed by atoms with Crippen LogP contribution in [-0.4, -0.2) is 32.5 Å². The van der Waals surface area contributed by atoms with Gasteiger partial charge in [0.05, 0.1) is 11.9 Å². The van der Waals surface area contributed by atoms with E-state index >= 15 is 0 Å². The normalized spacial score (nSPS) is 15.9. The number of carbonyl (C=O) groups is 2. The molecule has 2 aromatic carbocycles. The third-order valence-corrected chi connectivity index (χ3v) is 6.04. The number of amides is 2. The molecular formula is C20H23N3O4S. The molecule has 0 saturated heterocycles. The predicted molar refractivity (Wildman–Crippen MR) is 108 cm³/mol. The van der Waals surface area contributed by atoms with E-state index in [0.717, 1.165) is 16.7 Å². The molecule has 28 heavy (non-hydrogen) atoms. The smallest absolute Gasteiger partial charge is 0.267 e. The fraction of sp³-hybridized carbons (Fsp3) is 0.300. The van der Waals surface area contributed by atoms with Gasteiger partial charge >= 0.3 is 0 Å². The van der Waals surface area contributed by atoms with Crippen molar-refractivity contribution in [2.24, 2.45) is 0 Å². The summed E-state index contributed by atoms with van der Waals surface area (Å²) in [5.41, 5.74) is 8.91. The van der Waals surface area contributed by atoms with Gasteiger partial charge in [0, 0.05) is 17.2 Å². The second-order valence-corrected chi connectivity index (χ2v) is 9.04. The zero-order chi connectivity index (χ0) is 20.6. The Hall–Kier alpha value is -2.87. The second-order valence-electron chi connectivity index (χ2n) is 7.18. The first kappa shape index (κ1) is 19.9. The first-order valence-electron chi connectivity index (χ1n) is 8.88. The number of nitrogens with one attached hydrogen (secondary N) is 2. The van der Waals surface area contributed by atoms with Crippen LogP contribution in [0.4, 0.5) is 5.69 Å². The van der Waals surface area contributed by atoms with Crippen molar-refractivity contribution in [3.63, 3.8) is 0 Å². The number of hydrogen-bond donors (Lipinski definition) is 2. The Balaban J connectivity index is 1.72. The number of hydrazine groups is 1. The van der Waals surface area contributed by atoms with Gasteiger partial charge in [0.25, 0.3) is 11.8 Å². The van der Waals surface area contributed by atoms with Crippen molar-refractivity contribution < 1.29 is 18.0 Å². The molecule has 8 heteroatoms. The van der Waals surface area contributed by atoms with E-state index in [1.165, 1.54) is 10.6 Å². The van der Waals surface area contributed by atoms with Gasteiger partial charge in [-0.1, -0.05) is 17.7 Å². The van der Waals surface area contributed by atoms with Gasteiger partial charge in [-0.25, -0.2) is 8.42 Å². The van der Waals surface area contributed by atoms with Crippen molar-refractivity contribution in [3.05, 3.63) is 64.2 Å². The Labute approximate surface area is 164 Å². The first-order valence-corrected chi connectivity index (χ1v) is 10.7. The van der Waals surface area contributed by atoms with Gasteiger partial charge in [-0.05, 0) is 62.6 Å². The molecular weight excluding hydrogens is 378 g/mol. The van der Waals surface area contributed by atoms with Crippen LogP contribution in [-0.2, 0) is 16.4 Å². The van der Waals surface area contributed by atoms with E-state index < -0.39 is 21.8 Å². The van der Waals surface area contributed by atoms with E-state index in [4.69, 9.17) is 0 Å². The molecule has 1 heterocycles. The molecule has 0 fully saturated rings. The number of fused-ring (bicyclic) bond motifs is 1. The Kier molecular flexibility index (Phi) is 5.16. The number of rotatable bonds is 3. The molecule has 3 rings (SSSR count). The van der Waals surface area contributed by atoms with Crippen LogP contribution in [0, 0.1) is 13.8 Å². The maximum Gasteiger partial charge on any atom is 0.269 e. The van der Waals surface area contributed by atoms with Gasteiger partial charge in [-0.2, -0.15) is 0 Å². The number of aryl methyl sites for hydroxylation is 2. The van der Waals surface area contributed by atoms with Gasteiger partial charge in [0.15, 0.2) is 0 Å². The molecule has 0 saturated carbocycles. The summed E-state index contributed by atoms with van der Waals surface area (Å²) in [6, 6.07) is 10.1. The maximum atomic E-state index is 12.4. The quantitative estimate of drug-likeness (QED) is 0.770. The summed E-state index contributed by atoms with van der Waals surface area (Å²) in [6.07, 6.45) is 1.69. The lowest BCUT2D eigenvalue weighted by Crippen LogP contribution is -2.41. The van der Waals surface area contributed by atoms with Crippen molar-refractivity contribution in [1.82, 2.24) is 10.9 Å². The van der Waals surface area contributed by atoms with E-state index in [0.29, 0.717) is 23.2 Å². The summed E-state index contributed by atoms with van der Waals surface area (Å²) in [4.78, 5) is 24.7. The number of sulfonamides is 1. The Morgan fingerprint density at radius 2 is 1.71 bits per heavy atom. The minimum absolute atomic E-state index is 0.201. The van der Waals surface area contributed by atoms with Crippen LogP contribution >= 0.6 is 0 Å². The third-order valence-electron chi connectivity index (χ3n) is 4.77. The van der Waals surface area contributed by atoms with Crippen LogP contribution in [0.15, 0.2) is 36.4 Å². The number of nitrogens with zero attached hydrogens (tertiary/aromatic N) is 1. The van der Waals surface area contributed by atoms with Crippen LogP contribution in [0.2, 0.25) is 0 Å². The van der Waals surface area contributed by atoms with E-state index in [9.17, 15) is 18.0 Å². The molecule has 2 amide bonds. The zero-order valence-electron chi connectivity index (χ0n) is 16.2. The van der Waals surface area contributed by atoms with E-state index in [1.54, 1.807) is 24.3 Å². The molecule has 0 aromatic heterocycles. The van der Waals surface area contributed by atoms with Crippen LogP contribution in [0.3, 0.4) is 0 Å². The minimum atomic E-state index is -3.38. The molecule has 0 spiro atoms. The fourth-order valence-electron chi connectivity index (χ4n) is 3.57. The third kappa shape index (κ3) is 3.87.